The number of aromatic nitrogens is 1. The van der Waals surface area contributed by atoms with E-state index < -0.39 is 18.0 Å². The average molecular weight is 547 g/mol. The maximum Gasteiger partial charge on any atom is 0.343 e. The Bertz CT molecular complexity index is 1610. The van der Waals surface area contributed by atoms with Gasteiger partial charge in [-0.3, -0.25) is 9.36 Å². The molecule has 3 aromatic rings. The van der Waals surface area contributed by atoms with Crippen LogP contribution in [0.3, 0.4) is 0 Å². The van der Waals surface area contributed by atoms with E-state index in [0.29, 0.717) is 26.6 Å². The van der Waals surface area contributed by atoms with E-state index in [1.165, 1.54) is 17.2 Å². The number of rotatable bonds is 7. The van der Waals surface area contributed by atoms with E-state index in [9.17, 15) is 14.4 Å². The largest absolute Gasteiger partial charge is 0.466 e. The molecule has 1 unspecified atom stereocenters. The second-order valence-corrected chi connectivity index (χ2v) is 11.1. The average Bonchev–Trinajstić information content (AvgIpc) is 3.22. The summed E-state index contributed by atoms with van der Waals surface area (Å²) in [6, 6.07) is 14.8. The van der Waals surface area contributed by atoms with Crippen LogP contribution in [0.5, 0.6) is 0 Å². The molecule has 0 saturated heterocycles. The maximum absolute atomic E-state index is 14.0. The summed E-state index contributed by atoms with van der Waals surface area (Å²) in [4.78, 5) is 40.3. The van der Waals surface area contributed by atoms with Gasteiger partial charge in [0.25, 0.3) is 5.56 Å². The number of carbonyl (C=O) groups is 2. The topological polar surface area (TPSA) is 101 Å². The summed E-state index contributed by atoms with van der Waals surface area (Å²) in [5.74, 6) is -0.731. The maximum atomic E-state index is 14.0. The number of thiazole rings is 1. The Hall–Kier alpha value is -3.91. The van der Waals surface area contributed by atoms with Crippen molar-refractivity contribution in [3.8, 4) is 0 Å². The standard InChI is InChI=1S/C31H34N2O5S/c1-7-38-31(36)25-26(32)24(30(35)37-6)27(22-14-12-21(13-15-22)18(4)5)33-28(34)23(39-29(25)33)16-19-8-10-20(11-9-19)17(2)3/h8-18,27H,7,32H2,1-6H3. The van der Waals surface area contributed by atoms with E-state index in [2.05, 4.69) is 27.7 Å². The molecule has 0 spiro atoms. The van der Waals surface area contributed by atoms with Gasteiger partial charge in [-0.25, -0.2) is 9.59 Å². The highest BCUT2D eigenvalue weighted by molar-refractivity contribution is 7.07. The number of fused-ring (bicyclic) bond motifs is 1. The van der Waals surface area contributed by atoms with Crippen molar-refractivity contribution in [1.29, 1.82) is 0 Å². The van der Waals surface area contributed by atoms with Crippen LogP contribution in [-0.4, -0.2) is 30.2 Å². The predicted molar refractivity (Wildman–Crippen MR) is 154 cm³/mol. The number of methoxy groups -OCH3 is 1. The van der Waals surface area contributed by atoms with Crippen LogP contribution < -0.4 is 20.5 Å². The minimum atomic E-state index is -0.874. The molecule has 1 aromatic heterocycles. The third-order valence-electron chi connectivity index (χ3n) is 6.86. The van der Waals surface area contributed by atoms with Crippen LogP contribution in [0.4, 0.5) is 0 Å². The molecule has 4 rings (SSSR count). The van der Waals surface area contributed by atoms with Crippen molar-refractivity contribution in [1.82, 2.24) is 4.57 Å². The van der Waals surface area contributed by atoms with Crippen molar-refractivity contribution < 1.29 is 19.1 Å². The van der Waals surface area contributed by atoms with E-state index in [0.717, 1.165) is 22.5 Å². The fourth-order valence-corrected chi connectivity index (χ4v) is 5.84. The van der Waals surface area contributed by atoms with Crippen molar-refractivity contribution in [2.45, 2.75) is 52.5 Å². The number of nitrogens with two attached hydrogens (primary N) is 1. The molecular formula is C31H34N2O5S. The smallest absolute Gasteiger partial charge is 0.343 e. The molecule has 1 aliphatic rings. The Labute approximate surface area is 231 Å². The molecule has 0 bridgehead atoms. The Morgan fingerprint density at radius 2 is 1.54 bits per heavy atom. The highest BCUT2D eigenvalue weighted by Crippen LogP contribution is 2.33. The molecule has 8 heteroatoms. The minimum absolute atomic E-state index is 0.00999. The van der Waals surface area contributed by atoms with Gasteiger partial charge in [0.2, 0.25) is 0 Å². The van der Waals surface area contributed by atoms with Crippen LogP contribution in [0.2, 0.25) is 0 Å². The van der Waals surface area contributed by atoms with Crippen LogP contribution in [0.15, 0.2) is 64.6 Å². The molecule has 0 saturated carbocycles. The fraction of sp³-hybridized carbons (Fsp3) is 0.323. The molecule has 1 atom stereocenters. The van der Waals surface area contributed by atoms with Gasteiger partial charge in [-0.1, -0.05) is 76.2 Å². The van der Waals surface area contributed by atoms with Crippen molar-refractivity contribution >= 4 is 34.9 Å². The van der Waals surface area contributed by atoms with Gasteiger partial charge < -0.3 is 15.2 Å². The first kappa shape index (κ1) is 28.1. The van der Waals surface area contributed by atoms with E-state index in [-0.39, 0.29) is 29.0 Å². The van der Waals surface area contributed by atoms with Crippen molar-refractivity contribution in [2.75, 3.05) is 13.7 Å². The first-order valence-electron chi connectivity index (χ1n) is 13.0. The van der Waals surface area contributed by atoms with E-state index in [1.54, 1.807) is 13.0 Å². The van der Waals surface area contributed by atoms with Crippen molar-refractivity contribution in [3.63, 3.8) is 0 Å². The lowest BCUT2D eigenvalue weighted by molar-refractivity contribution is -0.136. The van der Waals surface area contributed by atoms with E-state index in [1.807, 2.05) is 48.5 Å². The number of esters is 2. The van der Waals surface area contributed by atoms with Crippen LogP contribution in [0.1, 0.15) is 74.8 Å². The van der Waals surface area contributed by atoms with Gasteiger partial charge in [-0.15, -0.1) is 11.3 Å². The lowest BCUT2D eigenvalue weighted by atomic mass is 9.90. The van der Waals surface area contributed by atoms with Crippen LogP contribution in [0, 0.1) is 0 Å². The molecule has 0 radical (unpaired) electrons. The lowest BCUT2D eigenvalue weighted by Crippen LogP contribution is -2.43. The number of carbonyl (C=O) groups excluding carboxylic acids is 2. The van der Waals surface area contributed by atoms with Crippen molar-refractivity contribution in [2.24, 2.45) is 5.73 Å². The van der Waals surface area contributed by atoms with Gasteiger partial charge in [0.1, 0.15) is 10.2 Å². The monoisotopic (exact) mass is 546 g/mol. The zero-order chi connectivity index (χ0) is 28.4. The van der Waals surface area contributed by atoms with Gasteiger partial charge in [0.15, 0.2) is 0 Å². The second-order valence-electron chi connectivity index (χ2n) is 10.1. The summed E-state index contributed by atoms with van der Waals surface area (Å²) in [5.41, 5.74) is 9.99. The summed E-state index contributed by atoms with van der Waals surface area (Å²) in [6.07, 6.45) is 1.79. The third-order valence-corrected chi connectivity index (χ3v) is 7.97. The summed E-state index contributed by atoms with van der Waals surface area (Å²) >= 11 is 1.15. The molecular weight excluding hydrogens is 512 g/mol. The number of nitrogens with zero attached hydrogens (tertiary/aromatic N) is 1. The molecule has 0 aliphatic carbocycles. The molecule has 204 valence electrons. The quantitative estimate of drug-likeness (QED) is 0.454. The molecule has 7 nitrogen and oxygen atoms in total. The molecule has 0 amide bonds. The molecule has 39 heavy (non-hydrogen) atoms. The highest BCUT2D eigenvalue weighted by atomic mass is 32.1. The third kappa shape index (κ3) is 5.34. The van der Waals surface area contributed by atoms with E-state index in [4.69, 9.17) is 15.2 Å². The van der Waals surface area contributed by atoms with Crippen molar-refractivity contribution in [3.05, 3.63) is 102 Å². The first-order valence-corrected chi connectivity index (χ1v) is 13.8. The number of ether oxygens (including phenoxy) is 2. The molecule has 0 fully saturated rings. The van der Waals surface area contributed by atoms with Crippen LogP contribution in [-0.2, 0) is 19.1 Å². The Kier molecular flexibility index (Phi) is 8.25. The summed E-state index contributed by atoms with van der Waals surface area (Å²) in [7, 11) is 1.25. The zero-order valence-electron chi connectivity index (χ0n) is 23.1. The fourth-order valence-electron chi connectivity index (χ4n) is 4.67. The molecule has 1 aliphatic heterocycles. The van der Waals surface area contributed by atoms with Gasteiger partial charge in [-0.2, -0.15) is 0 Å². The Morgan fingerprint density at radius 3 is 2.05 bits per heavy atom. The van der Waals surface area contributed by atoms with Gasteiger partial charge in [0, 0.05) is 0 Å². The molecule has 2 heterocycles. The second kappa shape index (κ2) is 11.5. The number of hydrogen-bond acceptors (Lipinski definition) is 7. The molecule has 2 aromatic carbocycles. The van der Waals surface area contributed by atoms with Crippen LogP contribution >= 0.6 is 11.3 Å². The Balaban J connectivity index is 2.04. The summed E-state index contributed by atoms with van der Waals surface area (Å²) in [5, 5.41) is 0. The Morgan fingerprint density at radius 1 is 0.974 bits per heavy atom. The lowest BCUT2D eigenvalue weighted by Gasteiger charge is -2.27. The van der Waals surface area contributed by atoms with Gasteiger partial charge in [0.05, 0.1) is 35.6 Å². The molecule has 2 N–H and O–H groups in total. The zero-order valence-corrected chi connectivity index (χ0v) is 23.9. The predicted octanol–water partition coefficient (Wildman–Crippen LogP) is 3.69. The minimum Gasteiger partial charge on any atom is -0.466 e. The highest BCUT2D eigenvalue weighted by Gasteiger charge is 2.38. The van der Waals surface area contributed by atoms with Gasteiger partial charge >= 0.3 is 11.9 Å². The SMILES string of the molecule is CCOC(=O)C1=c2sc(=Cc3ccc(C(C)C)cc3)c(=O)n2C(c2ccc(C(C)C)cc2)C(C(=O)OC)=C1N. The summed E-state index contributed by atoms with van der Waals surface area (Å²) in [6.45, 7) is 10.2. The summed E-state index contributed by atoms with van der Waals surface area (Å²) < 4.78 is 12.6. The van der Waals surface area contributed by atoms with Crippen LogP contribution in [0.25, 0.3) is 11.6 Å². The number of benzene rings is 2. The van der Waals surface area contributed by atoms with Gasteiger partial charge in [-0.05, 0) is 47.1 Å². The normalized spacial score (nSPS) is 15.6. The van der Waals surface area contributed by atoms with E-state index >= 15 is 0 Å². The number of hydrogen-bond donors (Lipinski definition) is 1. The first-order chi connectivity index (χ1) is 18.6.